The van der Waals surface area contributed by atoms with Gasteiger partial charge in [0.05, 0.1) is 117 Å². The zero-order valence-electron chi connectivity index (χ0n) is 36.7. The van der Waals surface area contributed by atoms with Gasteiger partial charge in [-0.05, 0) is 59.5 Å². The van der Waals surface area contributed by atoms with Crippen LogP contribution in [0.2, 0.25) is 0 Å². The molecule has 65 heavy (non-hydrogen) atoms. The lowest BCUT2D eigenvalue weighted by atomic mass is 9.80. The van der Waals surface area contributed by atoms with Crippen LogP contribution in [-0.4, -0.2) is 138 Å². The van der Waals surface area contributed by atoms with Crippen LogP contribution < -0.4 is 14.6 Å². The van der Waals surface area contributed by atoms with E-state index in [0.717, 1.165) is 16.7 Å². The number of methoxy groups -OCH3 is 2. The molecule has 1 unspecified atom stereocenters. The predicted octanol–water partition coefficient (Wildman–Crippen LogP) is 3.81. The highest BCUT2D eigenvalue weighted by molar-refractivity contribution is 6.21. The minimum absolute atomic E-state index is 0.0404. The summed E-state index contributed by atoms with van der Waals surface area (Å²) in [7, 11) is 3.19. The van der Waals surface area contributed by atoms with Gasteiger partial charge in [0.2, 0.25) is 5.91 Å². The maximum atomic E-state index is 13.9. The van der Waals surface area contributed by atoms with Crippen molar-refractivity contribution in [3.63, 3.8) is 0 Å². The molecule has 2 aliphatic heterocycles. The summed E-state index contributed by atoms with van der Waals surface area (Å²) in [6.45, 7) is 2.35. The molecule has 2 heterocycles. The average Bonchev–Trinajstić information content (AvgIpc) is 3.85. The smallest absolute Gasteiger partial charge is 0.306 e. The Bertz CT molecular complexity index is 2100. The molecule has 0 radical (unpaired) electrons. The first-order chi connectivity index (χ1) is 31.6. The number of hydrogen-bond donors (Lipinski definition) is 0. The molecule has 1 fully saturated rings. The van der Waals surface area contributed by atoms with E-state index in [9.17, 15) is 29.1 Å². The van der Waals surface area contributed by atoms with E-state index in [4.69, 9.17) is 37.9 Å². The molecule has 2 aliphatic rings. The van der Waals surface area contributed by atoms with Crippen molar-refractivity contribution in [3.8, 4) is 11.5 Å². The lowest BCUT2D eigenvalue weighted by molar-refractivity contribution is -0.305. The van der Waals surface area contributed by atoms with Crippen molar-refractivity contribution in [1.82, 2.24) is 9.80 Å². The molecular formula is C49H55N2O14-. The van der Waals surface area contributed by atoms with E-state index in [-0.39, 0.29) is 89.7 Å². The number of rotatable bonds is 27. The SMILES string of the molecule is COc1ccc(C(OCC2C[C@@H](OC(=O)CCC(=O)[O-])CN2C(=O)CCOCCOCCOCCOCCN2C(=O)c3ccccc3C2=O)(c2ccccc2)c2ccc(OC)cc2)cc1. The van der Waals surface area contributed by atoms with Gasteiger partial charge in [-0.1, -0.05) is 66.7 Å². The normalized spacial score (nSPS) is 15.8. The second-order valence-electron chi connectivity index (χ2n) is 15.2. The van der Waals surface area contributed by atoms with Crippen molar-refractivity contribution in [3.05, 3.63) is 131 Å². The van der Waals surface area contributed by atoms with Gasteiger partial charge in [-0.2, -0.15) is 0 Å². The summed E-state index contributed by atoms with van der Waals surface area (Å²) in [4.78, 5) is 65.3. The van der Waals surface area contributed by atoms with E-state index in [2.05, 4.69) is 0 Å². The minimum atomic E-state index is -1.36. The van der Waals surface area contributed by atoms with Crippen LogP contribution in [0.4, 0.5) is 0 Å². The molecule has 1 saturated heterocycles. The molecule has 4 aromatic rings. The van der Waals surface area contributed by atoms with E-state index in [0.29, 0.717) is 42.4 Å². The van der Waals surface area contributed by atoms with Crippen molar-refractivity contribution in [1.29, 1.82) is 0 Å². The quantitative estimate of drug-likeness (QED) is 0.0364. The van der Waals surface area contributed by atoms with Crippen LogP contribution >= 0.6 is 0 Å². The monoisotopic (exact) mass is 895 g/mol. The fraction of sp³-hybridized carbons (Fsp3) is 0.408. The number of likely N-dealkylation sites (tertiary alicyclic amines) is 1. The molecule has 0 aliphatic carbocycles. The van der Waals surface area contributed by atoms with Gasteiger partial charge in [0.25, 0.3) is 11.8 Å². The zero-order valence-corrected chi connectivity index (χ0v) is 36.7. The first-order valence-corrected chi connectivity index (χ1v) is 21.6. The summed E-state index contributed by atoms with van der Waals surface area (Å²) >= 11 is 0. The number of ether oxygens (including phenoxy) is 8. The first-order valence-electron chi connectivity index (χ1n) is 21.6. The summed E-state index contributed by atoms with van der Waals surface area (Å²) in [5.74, 6) is -1.58. The Morgan fingerprint density at radius 1 is 0.615 bits per heavy atom. The molecule has 0 bridgehead atoms. The highest BCUT2D eigenvalue weighted by Gasteiger charge is 2.43. The minimum Gasteiger partial charge on any atom is -0.550 e. The Morgan fingerprint density at radius 2 is 1.11 bits per heavy atom. The Hall–Kier alpha value is -6.17. The topological polar surface area (TPSA) is 189 Å². The van der Waals surface area contributed by atoms with Crippen LogP contribution in [0.5, 0.6) is 11.5 Å². The van der Waals surface area contributed by atoms with Gasteiger partial charge in [-0.3, -0.25) is 24.1 Å². The van der Waals surface area contributed by atoms with Gasteiger partial charge in [-0.25, -0.2) is 0 Å². The number of amides is 3. The molecular weight excluding hydrogens is 841 g/mol. The molecule has 3 amide bonds. The lowest BCUT2D eigenvalue weighted by Crippen LogP contribution is -2.42. The molecule has 0 saturated carbocycles. The van der Waals surface area contributed by atoms with Crippen LogP contribution in [0.1, 0.15) is 63.1 Å². The lowest BCUT2D eigenvalue weighted by Gasteiger charge is -2.38. The van der Waals surface area contributed by atoms with Gasteiger partial charge in [0.15, 0.2) is 0 Å². The number of carbonyl (C=O) groups is 5. The Kier molecular flexibility index (Phi) is 18.0. The van der Waals surface area contributed by atoms with Crippen molar-refractivity contribution >= 4 is 29.7 Å². The van der Waals surface area contributed by atoms with Gasteiger partial charge in [0.1, 0.15) is 23.2 Å². The maximum absolute atomic E-state index is 13.9. The number of carboxylic acid groups (broad SMARTS) is 1. The molecule has 0 N–H and O–H groups in total. The Morgan fingerprint density at radius 3 is 1.63 bits per heavy atom. The van der Waals surface area contributed by atoms with Crippen molar-refractivity contribution in [2.75, 3.05) is 86.8 Å². The maximum Gasteiger partial charge on any atom is 0.306 e. The van der Waals surface area contributed by atoms with Crippen LogP contribution in [0.15, 0.2) is 103 Å². The van der Waals surface area contributed by atoms with Gasteiger partial charge >= 0.3 is 5.97 Å². The molecule has 0 spiro atoms. The van der Waals surface area contributed by atoms with Crippen molar-refractivity contribution in [2.45, 2.75) is 43.4 Å². The first kappa shape index (κ1) is 48.3. The van der Waals surface area contributed by atoms with E-state index in [1.165, 1.54) is 4.90 Å². The van der Waals surface area contributed by atoms with Crippen LogP contribution in [0, 0.1) is 0 Å². The van der Waals surface area contributed by atoms with Gasteiger partial charge in [0, 0.05) is 12.4 Å². The molecule has 2 atom stereocenters. The number of hydrogen-bond acceptors (Lipinski definition) is 14. The predicted molar refractivity (Wildman–Crippen MR) is 232 cm³/mol. The summed E-state index contributed by atoms with van der Waals surface area (Å²) in [6, 6.07) is 31.1. The third-order valence-corrected chi connectivity index (χ3v) is 11.1. The zero-order chi connectivity index (χ0) is 46.0. The number of carboxylic acids is 1. The molecule has 0 aromatic heterocycles. The third kappa shape index (κ3) is 12.8. The number of benzene rings is 4. The average molecular weight is 896 g/mol. The second kappa shape index (κ2) is 24.2. The fourth-order valence-electron chi connectivity index (χ4n) is 7.83. The van der Waals surface area contributed by atoms with E-state index in [1.807, 2.05) is 78.9 Å². The molecule has 346 valence electrons. The largest absolute Gasteiger partial charge is 0.550 e. The van der Waals surface area contributed by atoms with Crippen molar-refractivity contribution in [2.24, 2.45) is 0 Å². The number of aliphatic carboxylic acids is 1. The Balaban J connectivity index is 0.987. The molecule has 6 rings (SSSR count). The second-order valence-corrected chi connectivity index (χ2v) is 15.2. The van der Waals surface area contributed by atoms with E-state index in [1.54, 1.807) is 43.4 Å². The summed E-state index contributed by atoms with van der Waals surface area (Å²) in [6.07, 6.45) is -1.21. The van der Waals surface area contributed by atoms with Gasteiger partial charge in [-0.15, -0.1) is 0 Å². The highest BCUT2D eigenvalue weighted by atomic mass is 16.6. The number of fused-ring (bicyclic) bond motifs is 1. The fourth-order valence-corrected chi connectivity index (χ4v) is 7.83. The molecule has 4 aromatic carbocycles. The standard InChI is InChI=1S/C49H56N2O14/c1-58-39-16-12-36(13-17-39)49(35-8-4-3-5-9-35,37-14-18-40(59-2)19-15-37)64-34-38-32-41(65-46(55)21-20-45(53)54)33-51(38)44(52)22-24-60-26-28-62-30-31-63-29-27-61-25-23-50-47(56)42-10-6-7-11-43(42)48(50)57/h3-19,38,41H,20-34H2,1-2H3,(H,53,54)/p-1/t38?,41-/m1/s1. The molecule has 16 heteroatoms. The number of esters is 1. The van der Waals surface area contributed by atoms with Crippen LogP contribution in [0.3, 0.4) is 0 Å². The number of nitrogens with zero attached hydrogens (tertiary/aromatic N) is 2. The number of imide groups is 1. The van der Waals surface area contributed by atoms with E-state index < -0.39 is 36.1 Å². The van der Waals surface area contributed by atoms with Crippen LogP contribution in [0.25, 0.3) is 0 Å². The van der Waals surface area contributed by atoms with Gasteiger partial charge < -0.3 is 52.7 Å². The van der Waals surface area contributed by atoms with Crippen molar-refractivity contribution < 1.29 is 67.0 Å². The summed E-state index contributed by atoms with van der Waals surface area (Å²) in [5.41, 5.74) is 2.10. The van der Waals surface area contributed by atoms with Crippen LogP contribution in [-0.2, 0) is 48.4 Å². The Labute approximate surface area is 378 Å². The van der Waals surface area contributed by atoms with E-state index >= 15 is 0 Å². The summed E-state index contributed by atoms with van der Waals surface area (Å²) < 4.78 is 46.1. The summed E-state index contributed by atoms with van der Waals surface area (Å²) in [5, 5.41) is 11.0. The third-order valence-electron chi connectivity index (χ3n) is 11.1. The number of carbonyl (C=O) groups excluding carboxylic acids is 5. The molecule has 16 nitrogen and oxygen atoms in total. The highest BCUT2D eigenvalue weighted by Crippen LogP contribution is 2.42.